The Morgan fingerprint density at radius 3 is 1.97 bits per heavy atom. The SMILES string of the molecule is Cc1ccc(NS(=O)(=O)c2cc(C(=O)Nc3ccc(S(=O)(=O)Nc4ncccn4)cc3)ccc2C)cc1C. The molecule has 38 heavy (non-hydrogen) atoms. The molecule has 0 radical (unpaired) electrons. The van der Waals surface area contributed by atoms with E-state index in [-0.39, 0.29) is 21.3 Å². The van der Waals surface area contributed by atoms with Crippen LogP contribution in [0.4, 0.5) is 17.3 Å². The average Bonchev–Trinajstić information content (AvgIpc) is 2.87. The van der Waals surface area contributed by atoms with Gasteiger partial charge < -0.3 is 5.32 Å². The lowest BCUT2D eigenvalue weighted by Crippen LogP contribution is -2.17. The molecular weight excluding hydrogens is 526 g/mol. The van der Waals surface area contributed by atoms with Crippen LogP contribution in [-0.2, 0) is 20.0 Å². The first-order valence-corrected chi connectivity index (χ1v) is 14.3. The van der Waals surface area contributed by atoms with Crippen LogP contribution in [0.5, 0.6) is 0 Å². The summed E-state index contributed by atoms with van der Waals surface area (Å²) in [6, 6.07) is 16.7. The van der Waals surface area contributed by atoms with E-state index in [4.69, 9.17) is 0 Å². The molecule has 4 rings (SSSR count). The molecule has 0 aliphatic rings. The van der Waals surface area contributed by atoms with Crippen molar-refractivity contribution in [2.24, 2.45) is 0 Å². The number of carbonyl (C=O) groups excluding carboxylic acids is 1. The first kappa shape index (κ1) is 26.8. The molecule has 1 heterocycles. The first-order chi connectivity index (χ1) is 17.9. The van der Waals surface area contributed by atoms with Gasteiger partial charge in [0, 0.05) is 29.3 Å². The van der Waals surface area contributed by atoms with Gasteiger partial charge in [-0.15, -0.1) is 0 Å². The predicted octanol–water partition coefficient (Wildman–Crippen LogP) is 4.26. The van der Waals surface area contributed by atoms with Crippen molar-refractivity contribution in [2.75, 3.05) is 14.8 Å². The summed E-state index contributed by atoms with van der Waals surface area (Å²) in [6.07, 6.45) is 2.81. The molecule has 0 aliphatic carbocycles. The number of nitrogens with one attached hydrogen (secondary N) is 3. The van der Waals surface area contributed by atoms with Crippen molar-refractivity contribution in [3.63, 3.8) is 0 Å². The Morgan fingerprint density at radius 1 is 0.684 bits per heavy atom. The fraction of sp³-hybridized carbons (Fsp3) is 0.115. The molecule has 0 spiro atoms. The summed E-state index contributed by atoms with van der Waals surface area (Å²) in [5, 5.41) is 2.65. The van der Waals surface area contributed by atoms with E-state index in [1.807, 2.05) is 19.9 Å². The molecule has 10 nitrogen and oxygen atoms in total. The van der Waals surface area contributed by atoms with E-state index in [1.165, 1.54) is 48.8 Å². The predicted molar refractivity (Wildman–Crippen MR) is 145 cm³/mol. The maximum absolute atomic E-state index is 13.1. The molecule has 12 heteroatoms. The minimum absolute atomic E-state index is 0.0287. The Bertz CT molecular complexity index is 1710. The Labute approximate surface area is 221 Å². The Morgan fingerprint density at radius 2 is 1.32 bits per heavy atom. The summed E-state index contributed by atoms with van der Waals surface area (Å²) in [7, 11) is -7.89. The van der Waals surface area contributed by atoms with E-state index < -0.39 is 26.0 Å². The molecule has 0 atom stereocenters. The number of carbonyl (C=O) groups is 1. The molecule has 1 amide bonds. The second-order valence-electron chi connectivity index (χ2n) is 8.54. The number of aryl methyl sites for hydroxylation is 3. The van der Waals surface area contributed by atoms with Crippen LogP contribution < -0.4 is 14.8 Å². The van der Waals surface area contributed by atoms with E-state index in [0.29, 0.717) is 16.9 Å². The van der Waals surface area contributed by atoms with Crippen LogP contribution in [-0.4, -0.2) is 32.7 Å². The van der Waals surface area contributed by atoms with E-state index in [9.17, 15) is 21.6 Å². The average molecular weight is 552 g/mol. The van der Waals surface area contributed by atoms with Crippen LogP contribution in [0.15, 0.2) is 88.9 Å². The van der Waals surface area contributed by atoms with E-state index in [1.54, 1.807) is 31.2 Å². The van der Waals surface area contributed by atoms with Gasteiger partial charge in [-0.25, -0.2) is 31.5 Å². The number of aromatic nitrogens is 2. The van der Waals surface area contributed by atoms with Gasteiger partial charge in [-0.2, -0.15) is 0 Å². The van der Waals surface area contributed by atoms with Gasteiger partial charge in [-0.1, -0.05) is 12.1 Å². The molecule has 0 bridgehead atoms. The third kappa shape index (κ3) is 6.15. The Kier molecular flexibility index (Phi) is 7.46. The monoisotopic (exact) mass is 551 g/mol. The molecule has 4 aromatic rings. The van der Waals surface area contributed by atoms with Crippen molar-refractivity contribution < 1.29 is 21.6 Å². The summed E-state index contributed by atoms with van der Waals surface area (Å²) < 4.78 is 56.1. The number of benzene rings is 3. The second kappa shape index (κ2) is 10.6. The van der Waals surface area contributed by atoms with Gasteiger partial charge in [0.05, 0.1) is 9.79 Å². The summed E-state index contributed by atoms with van der Waals surface area (Å²) in [5.41, 5.74) is 3.32. The lowest BCUT2D eigenvalue weighted by Gasteiger charge is -2.13. The van der Waals surface area contributed by atoms with Gasteiger partial charge in [0.1, 0.15) is 0 Å². The van der Waals surface area contributed by atoms with Crippen molar-refractivity contribution in [2.45, 2.75) is 30.6 Å². The summed E-state index contributed by atoms with van der Waals surface area (Å²) in [5.74, 6) is -0.624. The van der Waals surface area contributed by atoms with Crippen molar-refractivity contribution >= 4 is 43.3 Å². The number of amides is 1. The number of rotatable bonds is 8. The molecule has 3 aromatic carbocycles. The van der Waals surface area contributed by atoms with Crippen LogP contribution >= 0.6 is 0 Å². The standard InChI is InChI=1S/C26H25N5O5S2/c1-17-6-8-22(15-19(17)3)30-38(35,36)24-16-20(7-5-18(24)2)25(32)29-21-9-11-23(12-10-21)37(33,34)31-26-27-13-4-14-28-26/h4-16,30H,1-3H3,(H,29,32)(H,27,28,31). The minimum atomic E-state index is -3.96. The van der Waals surface area contributed by atoms with Crippen LogP contribution in [0.25, 0.3) is 0 Å². The summed E-state index contributed by atoms with van der Waals surface area (Å²) in [4.78, 5) is 20.5. The third-order valence-electron chi connectivity index (χ3n) is 5.71. The van der Waals surface area contributed by atoms with E-state index in [0.717, 1.165) is 11.1 Å². The van der Waals surface area contributed by atoms with Gasteiger partial charge >= 0.3 is 0 Å². The molecule has 3 N–H and O–H groups in total. The highest BCUT2D eigenvalue weighted by Gasteiger charge is 2.20. The van der Waals surface area contributed by atoms with Crippen LogP contribution in [0.2, 0.25) is 0 Å². The Hall–Kier alpha value is -4.29. The highest BCUT2D eigenvalue weighted by molar-refractivity contribution is 7.93. The largest absolute Gasteiger partial charge is 0.322 e. The number of nitrogens with zero attached hydrogens (tertiary/aromatic N) is 2. The topological polar surface area (TPSA) is 147 Å². The van der Waals surface area contributed by atoms with E-state index in [2.05, 4.69) is 24.7 Å². The summed E-state index contributed by atoms with van der Waals surface area (Å²) in [6.45, 7) is 5.47. The van der Waals surface area contributed by atoms with Gasteiger partial charge in [-0.05, 0) is 92.1 Å². The van der Waals surface area contributed by atoms with Crippen LogP contribution in [0, 0.1) is 20.8 Å². The highest BCUT2D eigenvalue weighted by atomic mass is 32.2. The molecule has 0 fully saturated rings. The number of hydrogen-bond acceptors (Lipinski definition) is 7. The fourth-order valence-electron chi connectivity index (χ4n) is 3.50. The smallest absolute Gasteiger partial charge is 0.264 e. The maximum atomic E-state index is 13.1. The highest BCUT2D eigenvalue weighted by Crippen LogP contribution is 2.23. The lowest BCUT2D eigenvalue weighted by atomic mass is 10.1. The number of sulfonamides is 2. The molecule has 0 saturated carbocycles. The van der Waals surface area contributed by atoms with Crippen LogP contribution in [0.1, 0.15) is 27.0 Å². The summed E-state index contributed by atoms with van der Waals surface area (Å²) >= 11 is 0. The first-order valence-electron chi connectivity index (χ1n) is 11.4. The van der Waals surface area contributed by atoms with Gasteiger partial charge in [0.15, 0.2) is 0 Å². The normalized spacial score (nSPS) is 11.6. The van der Waals surface area contributed by atoms with Gasteiger partial charge in [0.25, 0.3) is 26.0 Å². The van der Waals surface area contributed by atoms with Crippen LogP contribution in [0.3, 0.4) is 0 Å². The van der Waals surface area contributed by atoms with Crippen molar-refractivity contribution in [1.82, 2.24) is 9.97 Å². The molecule has 0 aliphatic heterocycles. The second-order valence-corrected chi connectivity index (χ2v) is 11.9. The minimum Gasteiger partial charge on any atom is -0.322 e. The van der Waals surface area contributed by atoms with Gasteiger partial charge in [0.2, 0.25) is 5.95 Å². The maximum Gasteiger partial charge on any atom is 0.264 e. The number of hydrogen-bond donors (Lipinski definition) is 3. The zero-order valence-electron chi connectivity index (χ0n) is 20.8. The third-order valence-corrected chi connectivity index (χ3v) is 8.58. The van der Waals surface area contributed by atoms with Crippen molar-refractivity contribution in [3.05, 3.63) is 101 Å². The van der Waals surface area contributed by atoms with Crippen molar-refractivity contribution in [3.8, 4) is 0 Å². The molecule has 196 valence electrons. The van der Waals surface area contributed by atoms with Gasteiger partial charge in [-0.3, -0.25) is 9.52 Å². The zero-order chi connectivity index (χ0) is 27.5. The zero-order valence-corrected chi connectivity index (χ0v) is 22.4. The van der Waals surface area contributed by atoms with E-state index >= 15 is 0 Å². The lowest BCUT2D eigenvalue weighted by molar-refractivity contribution is 0.102. The number of anilines is 3. The van der Waals surface area contributed by atoms with Crippen molar-refractivity contribution in [1.29, 1.82) is 0 Å². The molecule has 1 aromatic heterocycles. The molecule has 0 saturated heterocycles. The Balaban J connectivity index is 1.50. The molecular formula is C26H25N5O5S2. The molecule has 0 unspecified atom stereocenters. The fourth-order valence-corrected chi connectivity index (χ4v) is 5.78. The quantitative estimate of drug-likeness (QED) is 0.296.